The van der Waals surface area contributed by atoms with Crippen molar-refractivity contribution >= 4 is 17.1 Å². The lowest BCUT2D eigenvalue weighted by Crippen LogP contribution is -2.35. The Balaban J connectivity index is 1.88. The van der Waals surface area contributed by atoms with E-state index in [2.05, 4.69) is 21.8 Å². The highest BCUT2D eigenvalue weighted by atomic mass is 19.1. The van der Waals surface area contributed by atoms with E-state index in [9.17, 15) is 14.0 Å². The van der Waals surface area contributed by atoms with Crippen molar-refractivity contribution in [1.82, 2.24) is 19.1 Å². The maximum Gasteiger partial charge on any atom is 0.329 e. The number of imidazole rings is 1. The molecular formula is C19H22FN5O2. The molecule has 7 nitrogen and oxygen atoms in total. The van der Waals surface area contributed by atoms with E-state index >= 15 is 0 Å². The fourth-order valence-electron chi connectivity index (χ4n) is 3.60. The zero-order valence-corrected chi connectivity index (χ0v) is 15.4. The van der Waals surface area contributed by atoms with Crippen molar-refractivity contribution in [2.75, 3.05) is 18.0 Å². The van der Waals surface area contributed by atoms with Gasteiger partial charge in [-0.3, -0.25) is 18.9 Å². The van der Waals surface area contributed by atoms with E-state index in [1.165, 1.54) is 16.7 Å². The van der Waals surface area contributed by atoms with Crippen molar-refractivity contribution < 1.29 is 4.39 Å². The van der Waals surface area contributed by atoms with Crippen molar-refractivity contribution in [1.29, 1.82) is 0 Å². The molecule has 1 aliphatic heterocycles. The number of nitrogens with zero attached hydrogens (tertiary/aromatic N) is 4. The van der Waals surface area contributed by atoms with Crippen molar-refractivity contribution in [3.63, 3.8) is 0 Å². The second kappa shape index (κ2) is 6.68. The minimum Gasteiger partial charge on any atom is -0.342 e. The summed E-state index contributed by atoms with van der Waals surface area (Å²) >= 11 is 0. The first-order valence-electron chi connectivity index (χ1n) is 9.13. The number of rotatable bonds is 3. The third kappa shape index (κ3) is 3.15. The molecule has 1 aromatic carbocycles. The van der Waals surface area contributed by atoms with Gasteiger partial charge in [0, 0.05) is 20.1 Å². The van der Waals surface area contributed by atoms with Crippen LogP contribution >= 0.6 is 0 Å². The quantitative estimate of drug-likeness (QED) is 0.762. The highest BCUT2D eigenvalue weighted by molar-refractivity contribution is 5.74. The molecule has 8 heteroatoms. The molecule has 0 atom stereocenters. The Hall–Kier alpha value is -2.90. The summed E-state index contributed by atoms with van der Waals surface area (Å²) in [6, 6.07) is 6.19. The number of aromatic nitrogens is 4. The number of benzene rings is 1. The second-order valence-electron chi connectivity index (χ2n) is 7.28. The van der Waals surface area contributed by atoms with Gasteiger partial charge in [-0.2, -0.15) is 4.98 Å². The van der Waals surface area contributed by atoms with Crippen LogP contribution < -0.4 is 16.1 Å². The van der Waals surface area contributed by atoms with Crippen LogP contribution in [0.5, 0.6) is 0 Å². The van der Waals surface area contributed by atoms with E-state index in [4.69, 9.17) is 0 Å². The van der Waals surface area contributed by atoms with Crippen molar-refractivity contribution in [2.45, 2.75) is 26.3 Å². The lowest BCUT2D eigenvalue weighted by Gasteiger charge is -2.31. The van der Waals surface area contributed by atoms with Crippen LogP contribution in [0.1, 0.15) is 25.3 Å². The number of hydrogen-bond acceptors (Lipinski definition) is 4. The predicted molar refractivity (Wildman–Crippen MR) is 102 cm³/mol. The van der Waals surface area contributed by atoms with E-state index < -0.39 is 11.2 Å². The van der Waals surface area contributed by atoms with E-state index in [-0.39, 0.29) is 5.82 Å². The number of piperidine rings is 1. The van der Waals surface area contributed by atoms with Gasteiger partial charge in [0.1, 0.15) is 5.82 Å². The SMILES string of the molecule is CC1CCN(c2nc3c(c(=O)[nH]c(=O)n3C)n2Cc2ccc(F)cc2)CC1. The van der Waals surface area contributed by atoms with Crippen molar-refractivity contribution in [3.8, 4) is 0 Å². The van der Waals surface area contributed by atoms with E-state index in [0.29, 0.717) is 29.6 Å². The van der Waals surface area contributed by atoms with Gasteiger partial charge in [-0.05, 0) is 36.5 Å². The van der Waals surface area contributed by atoms with Crippen LogP contribution in [-0.2, 0) is 13.6 Å². The Morgan fingerprint density at radius 1 is 1.19 bits per heavy atom. The Morgan fingerprint density at radius 3 is 2.52 bits per heavy atom. The van der Waals surface area contributed by atoms with E-state index in [1.807, 2.05) is 4.57 Å². The lowest BCUT2D eigenvalue weighted by molar-refractivity contribution is 0.432. The van der Waals surface area contributed by atoms with E-state index in [0.717, 1.165) is 31.5 Å². The summed E-state index contributed by atoms with van der Waals surface area (Å²) in [4.78, 5) is 33.7. The molecule has 3 heterocycles. The maximum absolute atomic E-state index is 13.3. The Kier molecular flexibility index (Phi) is 4.33. The minimum atomic E-state index is -0.488. The minimum absolute atomic E-state index is 0.306. The molecule has 1 fully saturated rings. The molecule has 142 valence electrons. The predicted octanol–water partition coefficient (Wildman–Crippen LogP) is 1.85. The summed E-state index contributed by atoms with van der Waals surface area (Å²) in [5.74, 6) is 1.02. The normalized spacial score (nSPS) is 15.6. The van der Waals surface area contributed by atoms with E-state index in [1.54, 1.807) is 19.2 Å². The van der Waals surface area contributed by atoms with Gasteiger partial charge in [-0.15, -0.1) is 0 Å². The summed E-state index contributed by atoms with van der Waals surface area (Å²) < 4.78 is 16.5. The van der Waals surface area contributed by atoms with Crippen LogP contribution in [0.15, 0.2) is 33.9 Å². The first-order valence-corrected chi connectivity index (χ1v) is 9.13. The molecule has 0 amide bonds. The Bertz CT molecular complexity index is 1090. The van der Waals surface area contributed by atoms with Crippen LogP contribution in [0.2, 0.25) is 0 Å². The fourth-order valence-corrected chi connectivity index (χ4v) is 3.60. The van der Waals surface area contributed by atoms with Gasteiger partial charge in [-0.25, -0.2) is 9.18 Å². The second-order valence-corrected chi connectivity index (χ2v) is 7.28. The highest BCUT2D eigenvalue weighted by Crippen LogP contribution is 2.26. The first kappa shape index (κ1) is 17.5. The van der Waals surface area contributed by atoms with Gasteiger partial charge in [0.05, 0.1) is 6.54 Å². The molecule has 0 saturated carbocycles. The van der Waals surface area contributed by atoms with Crippen LogP contribution in [0.3, 0.4) is 0 Å². The van der Waals surface area contributed by atoms with Crippen molar-refractivity contribution in [2.24, 2.45) is 13.0 Å². The lowest BCUT2D eigenvalue weighted by atomic mass is 10.00. The number of H-pyrrole nitrogens is 1. The first-order chi connectivity index (χ1) is 12.9. The number of anilines is 1. The van der Waals surface area contributed by atoms with Gasteiger partial charge in [0.2, 0.25) is 5.95 Å². The van der Waals surface area contributed by atoms with Crippen LogP contribution in [0.4, 0.5) is 10.3 Å². The fraction of sp³-hybridized carbons (Fsp3) is 0.421. The largest absolute Gasteiger partial charge is 0.342 e. The molecule has 0 radical (unpaired) electrons. The number of nitrogens with one attached hydrogen (secondary N) is 1. The average molecular weight is 371 g/mol. The summed E-state index contributed by atoms with van der Waals surface area (Å²) in [5.41, 5.74) is 0.627. The molecule has 0 aliphatic carbocycles. The molecule has 27 heavy (non-hydrogen) atoms. The van der Waals surface area contributed by atoms with Gasteiger partial charge in [0.15, 0.2) is 11.2 Å². The number of aromatic amines is 1. The number of fused-ring (bicyclic) bond motifs is 1. The number of halogens is 1. The van der Waals surface area contributed by atoms with Gasteiger partial charge in [-0.1, -0.05) is 19.1 Å². The van der Waals surface area contributed by atoms with Crippen LogP contribution in [-0.4, -0.2) is 32.2 Å². The molecular weight excluding hydrogens is 349 g/mol. The summed E-state index contributed by atoms with van der Waals surface area (Å²) in [7, 11) is 1.60. The molecule has 1 N–H and O–H groups in total. The number of hydrogen-bond donors (Lipinski definition) is 1. The standard InChI is InChI=1S/C19H22FN5O2/c1-12-7-9-24(10-8-12)18-21-16-15(17(26)22-19(27)23(16)2)25(18)11-13-3-5-14(20)6-4-13/h3-6,12H,7-11H2,1-2H3,(H,22,26,27). The van der Waals surface area contributed by atoms with Gasteiger partial charge >= 0.3 is 5.69 Å². The summed E-state index contributed by atoms with van der Waals surface area (Å²) in [6.45, 7) is 4.30. The number of aryl methyl sites for hydroxylation is 1. The molecule has 3 aromatic rings. The molecule has 2 aromatic heterocycles. The maximum atomic E-state index is 13.3. The monoisotopic (exact) mass is 371 g/mol. The molecule has 1 aliphatic rings. The molecule has 0 unspecified atom stereocenters. The van der Waals surface area contributed by atoms with Gasteiger partial charge in [0.25, 0.3) is 5.56 Å². The smallest absolute Gasteiger partial charge is 0.329 e. The molecule has 4 rings (SSSR count). The van der Waals surface area contributed by atoms with Crippen LogP contribution in [0, 0.1) is 11.7 Å². The zero-order chi connectivity index (χ0) is 19.1. The Labute approximate surface area is 155 Å². The average Bonchev–Trinajstić information content (AvgIpc) is 3.02. The van der Waals surface area contributed by atoms with Crippen molar-refractivity contribution in [3.05, 3.63) is 56.5 Å². The molecule has 1 saturated heterocycles. The molecule has 0 bridgehead atoms. The Morgan fingerprint density at radius 2 is 1.85 bits per heavy atom. The van der Waals surface area contributed by atoms with Gasteiger partial charge < -0.3 is 4.90 Å². The topological polar surface area (TPSA) is 75.9 Å². The van der Waals surface area contributed by atoms with Crippen LogP contribution in [0.25, 0.3) is 11.2 Å². The molecule has 0 spiro atoms. The summed E-state index contributed by atoms with van der Waals surface area (Å²) in [6.07, 6.45) is 2.10. The summed E-state index contributed by atoms with van der Waals surface area (Å²) in [5, 5.41) is 0. The third-order valence-corrected chi connectivity index (χ3v) is 5.31. The third-order valence-electron chi connectivity index (χ3n) is 5.31. The highest BCUT2D eigenvalue weighted by Gasteiger charge is 2.24. The zero-order valence-electron chi connectivity index (χ0n) is 15.4.